The van der Waals surface area contributed by atoms with E-state index in [9.17, 15) is 0 Å². The van der Waals surface area contributed by atoms with Crippen molar-refractivity contribution < 1.29 is 0 Å². The third-order valence-electron chi connectivity index (χ3n) is 2.31. The molecule has 2 aromatic rings. The van der Waals surface area contributed by atoms with Gasteiger partial charge in [-0.1, -0.05) is 13.8 Å². The van der Waals surface area contributed by atoms with E-state index in [4.69, 9.17) is 5.26 Å². The average Bonchev–Trinajstić information content (AvgIpc) is 2.78. The molecule has 0 aliphatic carbocycles. The Hall–Kier alpha value is -2.15. The van der Waals surface area contributed by atoms with Crippen LogP contribution in [0.4, 0.5) is 0 Å². The fraction of sp³-hybridized carbons (Fsp3) is 0.250. The lowest BCUT2D eigenvalue weighted by Crippen LogP contribution is -2.04. The first-order valence-corrected chi connectivity index (χ1v) is 5.12. The van der Waals surface area contributed by atoms with Gasteiger partial charge in [0.15, 0.2) is 0 Å². The van der Waals surface area contributed by atoms with Gasteiger partial charge in [0.25, 0.3) is 0 Å². The number of hydrogen-bond acceptors (Lipinski definition) is 3. The highest BCUT2D eigenvalue weighted by atomic mass is 15.1. The largest absolute Gasteiger partial charge is 0.288 e. The molecule has 2 heterocycles. The molecule has 0 amide bonds. The van der Waals surface area contributed by atoms with E-state index in [1.807, 2.05) is 22.9 Å². The van der Waals surface area contributed by atoms with Gasteiger partial charge in [-0.3, -0.25) is 4.57 Å². The molecule has 0 aliphatic rings. The monoisotopic (exact) mass is 212 g/mol. The lowest BCUT2D eigenvalue weighted by molar-refractivity contribution is 0.744. The maximum Gasteiger partial charge on any atom is 0.138 e. The highest BCUT2D eigenvalue weighted by molar-refractivity contribution is 5.33. The molecule has 4 heteroatoms. The van der Waals surface area contributed by atoms with Crippen molar-refractivity contribution in [3.63, 3.8) is 0 Å². The molecule has 0 unspecified atom stereocenters. The predicted octanol–water partition coefficient (Wildman–Crippen LogP) is 2.26. The first kappa shape index (κ1) is 10.4. The quantitative estimate of drug-likeness (QED) is 0.767. The van der Waals surface area contributed by atoms with Gasteiger partial charge in [-0.2, -0.15) is 5.26 Å². The molecule has 0 saturated heterocycles. The fourth-order valence-corrected chi connectivity index (χ4v) is 1.53. The molecule has 16 heavy (non-hydrogen) atoms. The number of hydrogen-bond donors (Lipinski definition) is 0. The zero-order chi connectivity index (χ0) is 11.5. The van der Waals surface area contributed by atoms with E-state index in [-0.39, 0.29) is 0 Å². The lowest BCUT2D eigenvalue weighted by atomic mass is 10.2. The third kappa shape index (κ3) is 1.80. The Kier molecular flexibility index (Phi) is 2.69. The highest BCUT2D eigenvalue weighted by Gasteiger charge is 2.09. The van der Waals surface area contributed by atoms with Crippen molar-refractivity contribution in [2.45, 2.75) is 19.8 Å². The molecule has 0 atom stereocenters. The van der Waals surface area contributed by atoms with Gasteiger partial charge in [0, 0.05) is 24.5 Å². The zero-order valence-corrected chi connectivity index (χ0v) is 9.25. The molecule has 2 aromatic heterocycles. The van der Waals surface area contributed by atoms with Crippen LogP contribution in [0.1, 0.15) is 31.2 Å². The van der Waals surface area contributed by atoms with E-state index in [0.29, 0.717) is 11.5 Å². The number of pyridine rings is 1. The molecular weight excluding hydrogens is 200 g/mol. The minimum Gasteiger partial charge on any atom is -0.288 e. The smallest absolute Gasteiger partial charge is 0.138 e. The van der Waals surface area contributed by atoms with E-state index < -0.39 is 0 Å². The SMILES string of the molecule is CC(C)c1nccn1-c1ccc(C#N)cn1. The molecular formula is C12H12N4. The van der Waals surface area contributed by atoms with Crippen LogP contribution in [0.25, 0.3) is 5.82 Å². The van der Waals surface area contributed by atoms with Crippen molar-refractivity contribution in [3.8, 4) is 11.9 Å². The van der Waals surface area contributed by atoms with Gasteiger partial charge in [-0.05, 0) is 12.1 Å². The molecule has 0 bridgehead atoms. The summed E-state index contributed by atoms with van der Waals surface area (Å²) < 4.78 is 1.94. The summed E-state index contributed by atoms with van der Waals surface area (Å²) >= 11 is 0. The van der Waals surface area contributed by atoms with Crippen molar-refractivity contribution in [2.75, 3.05) is 0 Å². The van der Waals surface area contributed by atoms with Gasteiger partial charge in [-0.25, -0.2) is 9.97 Å². The summed E-state index contributed by atoms with van der Waals surface area (Å²) in [6.45, 7) is 4.17. The van der Waals surface area contributed by atoms with E-state index in [0.717, 1.165) is 11.6 Å². The Labute approximate surface area is 94.2 Å². The van der Waals surface area contributed by atoms with Crippen molar-refractivity contribution >= 4 is 0 Å². The zero-order valence-electron chi connectivity index (χ0n) is 9.25. The van der Waals surface area contributed by atoms with Crippen LogP contribution in [0.15, 0.2) is 30.7 Å². The summed E-state index contributed by atoms with van der Waals surface area (Å²) in [7, 11) is 0. The molecule has 0 N–H and O–H groups in total. The van der Waals surface area contributed by atoms with Crippen LogP contribution >= 0.6 is 0 Å². The normalized spacial score (nSPS) is 10.4. The molecule has 4 nitrogen and oxygen atoms in total. The van der Waals surface area contributed by atoms with E-state index in [1.165, 1.54) is 0 Å². The van der Waals surface area contributed by atoms with Gasteiger partial charge in [-0.15, -0.1) is 0 Å². The van der Waals surface area contributed by atoms with E-state index >= 15 is 0 Å². The first-order valence-electron chi connectivity index (χ1n) is 5.12. The molecule has 2 rings (SSSR count). The second-order valence-corrected chi connectivity index (χ2v) is 3.83. The van der Waals surface area contributed by atoms with Gasteiger partial charge < -0.3 is 0 Å². The third-order valence-corrected chi connectivity index (χ3v) is 2.31. The van der Waals surface area contributed by atoms with Crippen LogP contribution in [0.3, 0.4) is 0 Å². The number of aromatic nitrogens is 3. The highest BCUT2D eigenvalue weighted by Crippen LogP contribution is 2.15. The topological polar surface area (TPSA) is 54.5 Å². The molecule has 0 saturated carbocycles. The lowest BCUT2D eigenvalue weighted by Gasteiger charge is -2.08. The molecule has 0 fully saturated rings. The molecule has 0 aromatic carbocycles. The number of nitrogens with zero attached hydrogens (tertiary/aromatic N) is 4. The summed E-state index contributed by atoms with van der Waals surface area (Å²) in [5.74, 6) is 2.10. The summed E-state index contributed by atoms with van der Waals surface area (Å²) in [5.41, 5.74) is 0.565. The Morgan fingerprint density at radius 1 is 1.31 bits per heavy atom. The fourth-order valence-electron chi connectivity index (χ4n) is 1.53. The molecule has 0 aliphatic heterocycles. The minimum atomic E-state index is 0.340. The van der Waals surface area contributed by atoms with Crippen LogP contribution in [-0.4, -0.2) is 14.5 Å². The van der Waals surface area contributed by atoms with Crippen LogP contribution in [0, 0.1) is 11.3 Å². The van der Waals surface area contributed by atoms with Crippen molar-refractivity contribution in [1.82, 2.24) is 14.5 Å². The van der Waals surface area contributed by atoms with Gasteiger partial charge in [0.1, 0.15) is 17.7 Å². The maximum atomic E-state index is 8.69. The van der Waals surface area contributed by atoms with E-state index in [2.05, 4.69) is 23.8 Å². The Balaban J connectivity index is 2.43. The molecule has 0 radical (unpaired) electrons. The Bertz CT molecular complexity index is 517. The van der Waals surface area contributed by atoms with Crippen LogP contribution < -0.4 is 0 Å². The molecule has 80 valence electrons. The number of nitriles is 1. The summed E-state index contributed by atoms with van der Waals surface area (Å²) in [5, 5.41) is 8.69. The first-order chi connectivity index (χ1) is 7.72. The summed E-state index contributed by atoms with van der Waals surface area (Å²) in [4.78, 5) is 8.53. The van der Waals surface area contributed by atoms with E-state index in [1.54, 1.807) is 18.5 Å². The van der Waals surface area contributed by atoms with Crippen molar-refractivity contribution in [2.24, 2.45) is 0 Å². The second-order valence-electron chi connectivity index (χ2n) is 3.83. The standard InChI is InChI=1S/C12H12N4/c1-9(2)12-14-5-6-16(12)11-4-3-10(7-13)8-15-11/h3-6,8-9H,1-2H3. The molecule has 0 spiro atoms. The summed E-state index contributed by atoms with van der Waals surface area (Å²) in [6.07, 6.45) is 5.21. The number of rotatable bonds is 2. The minimum absolute atomic E-state index is 0.340. The van der Waals surface area contributed by atoms with Gasteiger partial charge >= 0.3 is 0 Å². The van der Waals surface area contributed by atoms with Gasteiger partial charge in [0.05, 0.1) is 5.56 Å². The van der Waals surface area contributed by atoms with Crippen molar-refractivity contribution in [1.29, 1.82) is 5.26 Å². The Morgan fingerprint density at radius 2 is 2.12 bits per heavy atom. The summed E-state index contributed by atoms with van der Waals surface area (Å²) in [6, 6.07) is 5.63. The van der Waals surface area contributed by atoms with Crippen molar-refractivity contribution in [3.05, 3.63) is 42.1 Å². The maximum absolute atomic E-state index is 8.69. The predicted molar refractivity (Wildman–Crippen MR) is 60.2 cm³/mol. The van der Waals surface area contributed by atoms with Crippen LogP contribution in [0.2, 0.25) is 0 Å². The number of imidazole rings is 1. The average molecular weight is 212 g/mol. The Morgan fingerprint density at radius 3 is 2.69 bits per heavy atom. The second kappa shape index (κ2) is 4.15. The van der Waals surface area contributed by atoms with Crippen LogP contribution in [-0.2, 0) is 0 Å². The van der Waals surface area contributed by atoms with Crippen LogP contribution in [0.5, 0.6) is 0 Å². The van der Waals surface area contributed by atoms with Gasteiger partial charge in [0.2, 0.25) is 0 Å².